The van der Waals surface area contributed by atoms with E-state index in [-0.39, 0.29) is 5.91 Å². The van der Waals surface area contributed by atoms with Gasteiger partial charge in [0.1, 0.15) is 5.75 Å². The number of carbonyl (C=O) groups excluding carboxylic acids is 1. The molecule has 0 radical (unpaired) electrons. The summed E-state index contributed by atoms with van der Waals surface area (Å²) in [5.74, 6) is 0.753. The minimum Gasteiger partial charge on any atom is -0.493 e. The van der Waals surface area contributed by atoms with Gasteiger partial charge in [-0.2, -0.15) is 0 Å². The van der Waals surface area contributed by atoms with Gasteiger partial charge in [0.15, 0.2) is 0 Å². The smallest absolute Gasteiger partial charge is 0.223 e. The number of rotatable bonds is 9. The first-order chi connectivity index (χ1) is 9.22. The van der Waals surface area contributed by atoms with E-state index in [0.29, 0.717) is 39.3 Å². The highest BCUT2D eigenvalue weighted by Gasteiger charge is 2.01. The van der Waals surface area contributed by atoms with E-state index in [2.05, 4.69) is 5.32 Å². The zero-order valence-electron chi connectivity index (χ0n) is 11.4. The molecule has 0 atom stereocenters. The Morgan fingerprint density at radius 3 is 2.89 bits per heavy atom. The van der Waals surface area contributed by atoms with E-state index >= 15 is 0 Å². The summed E-state index contributed by atoms with van der Waals surface area (Å²) >= 11 is 0. The molecule has 1 amide bonds. The summed E-state index contributed by atoms with van der Waals surface area (Å²) < 4.78 is 10.6. The van der Waals surface area contributed by atoms with Crippen molar-refractivity contribution in [1.82, 2.24) is 5.32 Å². The van der Waals surface area contributed by atoms with Crippen LogP contribution in [0.3, 0.4) is 0 Å². The minimum atomic E-state index is -0.0380. The molecule has 0 heterocycles. The molecule has 0 bridgehead atoms. The molecule has 1 aromatic rings. The maximum Gasteiger partial charge on any atom is 0.223 e. The van der Waals surface area contributed by atoms with Crippen molar-refractivity contribution in [3.05, 3.63) is 29.8 Å². The SMILES string of the molecule is Cc1cccc(OCCC(=O)NCCOCCN)c1. The topological polar surface area (TPSA) is 73.6 Å². The average Bonchev–Trinajstić information content (AvgIpc) is 2.38. The molecule has 3 N–H and O–H groups in total. The number of benzene rings is 1. The average molecular weight is 266 g/mol. The number of amides is 1. The molecular formula is C14H22N2O3. The third kappa shape index (κ3) is 7.43. The number of aryl methyl sites for hydroxylation is 1. The van der Waals surface area contributed by atoms with Crippen LogP contribution in [0.2, 0.25) is 0 Å². The van der Waals surface area contributed by atoms with Gasteiger partial charge in [0.2, 0.25) is 5.91 Å². The van der Waals surface area contributed by atoms with Crippen molar-refractivity contribution >= 4 is 5.91 Å². The molecule has 0 aliphatic rings. The molecule has 0 fully saturated rings. The van der Waals surface area contributed by atoms with Crippen molar-refractivity contribution in [3.63, 3.8) is 0 Å². The van der Waals surface area contributed by atoms with Crippen LogP contribution in [0, 0.1) is 6.92 Å². The van der Waals surface area contributed by atoms with E-state index in [0.717, 1.165) is 11.3 Å². The predicted octanol–water partition coefficient (Wildman–Crippen LogP) is 0.855. The van der Waals surface area contributed by atoms with Gasteiger partial charge in [0.25, 0.3) is 0 Å². The van der Waals surface area contributed by atoms with E-state index in [1.807, 2.05) is 31.2 Å². The van der Waals surface area contributed by atoms with Crippen molar-refractivity contribution < 1.29 is 14.3 Å². The van der Waals surface area contributed by atoms with E-state index < -0.39 is 0 Å². The number of nitrogens with one attached hydrogen (secondary N) is 1. The molecule has 1 aromatic carbocycles. The van der Waals surface area contributed by atoms with Crippen molar-refractivity contribution in [2.75, 3.05) is 32.9 Å². The van der Waals surface area contributed by atoms with Gasteiger partial charge in [-0.1, -0.05) is 12.1 Å². The summed E-state index contributed by atoms with van der Waals surface area (Å²) in [6.45, 7) is 4.38. The van der Waals surface area contributed by atoms with E-state index in [1.54, 1.807) is 0 Å². The highest BCUT2D eigenvalue weighted by Crippen LogP contribution is 2.12. The summed E-state index contributed by atoms with van der Waals surface area (Å²) in [4.78, 5) is 11.5. The molecule has 1 rings (SSSR count). The second-order valence-electron chi connectivity index (χ2n) is 4.17. The Labute approximate surface area is 114 Å². The number of hydrogen-bond donors (Lipinski definition) is 2. The third-order valence-corrected chi connectivity index (χ3v) is 2.42. The summed E-state index contributed by atoms with van der Waals surface area (Å²) in [6, 6.07) is 7.75. The van der Waals surface area contributed by atoms with Gasteiger partial charge < -0.3 is 20.5 Å². The Kier molecular flexibility index (Phi) is 7.62. The van der Waals surface area contributed by atoms with Gasteiger partial charge in [0.05, 0.1) is 26.2 Å². The second kappa shape index (κ2) is 9.35. The molecule has 0 saturated carbocycles. The molecule has 0 unspecified atom stereocenters. The number of carbonyl (C=O) groups is 1. The standard InChI is InChI=1S/C14H22N2O3/c1-12-3-2-4-13(11-12)19-8-5-14(17)16-7-10-18-9-6-15/h2-4,11H,5-10,15H2,1H3,(H,16,17). The first kappa shape index (κ1) is 15.5. The fourth-order valence-electron chi connectivity index (χ4n) is 1.50. The molecule has 0 aliphatic heterocycles. The lowest BCUT2D eigenvalue weighted by Gasteiger charge is -2.08. The molecule has 0 aliphatic carbocycles. The van der Waals surface area contributed by atoms with Gasteiger partial charge in [-0.05, 0) is 24.6 Å². The Hall–Kier alpha value is -1.59. The van der Waals surface area contributed by atoms with Gasteiger partial charge in [-0.15, -0.1) is 0 Å². The number of hydrogen-bond acceptors (Lipinski definition) is 4. The monoisotopic (exact) mass is 266 g/mol. The summed E-state index contributed by atoms with van der Waals surface area (Å²) in [5.41, 5.74) is 6.41. The van der Waals surface area contributed by atoms with Crippen molar-refractivity contribution in [1.29, 1.82) is 0 Å². The Bertz CT molecular complexity index is 383. The zero-order valence-corrected chi connectivity index (χ0v) is 11.4. The number of nitrogens with two attached hydrogens (primary N) is 1. The molecule has 0 spiro atoms. The Balaban J connectivity index is 2.07. The van der Waals surface area contributed by atoms with Crippen molar-refractivity contribution in [3.8, 4) is 5.75 Å². The van der Waals surface area contributed by atoms with E-state index in [4.69, 9.17) is 15.2 Å². The van der Waals surface area contributed by atoms with Crippen LogP contribution in [-0.4, -0.2) is 38.8 Å². The van der Waals surface area contributed by atoms with Crippen LogP contribution in [0.4, 0.5) is 0 Å². The van der Waals surface area contributed by atoms with Crippen LogP contribution in [0.1, 0.15) is 12.0 Å². The van der Waals surface area contributed by atoms with Gasteiger partial charge >= 0.3 is 0 Å². The lowest BCUT2D eigenvalue weighted by molar-refractivity contribution is -0.121. The molecule has 5 nitrogen and oxygen atoms in total. The zero-order chi connectivity index (χ0) is 13.9. The molecule has 5 heteroatoms. The normalized spacial score (nSPS) is 10.2. The van der Waals surface area contributed by atoms with Crippen LogP contribution in [0.5, 0.6) is 5.75 Å². The molecular weight excluding hydrogens is 244 g/mol. The van der Waals surface area contributed by atoms with Crippen LogP contribution >= 0.6 is 0 Å². The molecule has 0 saturated heterocycles. The Morgan fingerprint density at radius 2 is 2.16 bits per heavy atom. The second-order valence-corrected chi connectivity index (χ2v) is 4.17. The summed E-state index contributed by atoms with van der Waals surface area (Å²) in [5, 5.41) is 2.75. The largest absolute Gasteiger partial charge is 0.493 e. The van der Waals surface area contributed by atoms with Gasteiger partial charge in [-0.25, -0.2) is 0 Å². The van der Waals surface area contributed by atoms with Crippen molar-refractivity contribution in [2.45, 2.75) is 13.3 Å². The minimum absolute atomic E-state index is 0.0380. The van der Waals surface area contributed by atoms with Gasteiger partial charge in [0, 0.05) is 13.1 Å². The van der Waals surface area contributed by atoms with E-state index in [1.165, 1.54) is 0 Å². The van der Waals surface area contributed by atoms with Crippen molar-refractivity contribution in [2.24, 2.45) is 5.73 Å². The fourth-order valence-corrected chi connectivity index (χ4v) is 1.50. The van der Waals surface area contributed by atoms with Crippen LogP contribution < -0.4 is 15.8 Å². The lowest BCUT2D eigenvalue weighted by Crippen LogP contribution is -2.28. The highest BCUT2D eigenvalue weighted by molar-refractivity contribution is 5.75. The lowest BCUT2D eigenvalue weighted by atomic mass is 10.2. The summed E-state index contributed by atoms with van der Waals surface area (Å²) in [6.07, 6.45) is 0.338. The maximum atomic E-state index is 11.5. The first-order valence-electron chi connectivity index (χ1n) is 6.46. The molecule has 0 aromatic heterocycles. The first-order valence-corrected chi connectivity index (χ1v) is 6.46. The van der Waals surface area contributed by atoms with Crippen LogP contribution in [0.15, 0.2) is 24.3 Å². The van der Waals surface area contributed by atoms with Crippen LogP contribution in [0.25, 0.3) is 0 Å². The quantitative estimate of drug-likeness (QED) is 0.650. The third-order valence-electron chi connectivity index (χ3n) is 2.42. The van der Waals surface area contributed by atoms with Gasteiger partial charge in [-0.3, -0.25) is 4.79 Å². The van der Waals surface area contributed by atoms with Crippen LogP contribution in [-0.2, 0) is 9.53 Å². The Morgan fingerprint density at radius 1 is 1.32 bits per heavy atom. The fraction of sp³-hybridized carbons (Fsp3) is 0.500. The van der Waals surface area contributed by atoms with E-state index in [9.17, 15) is 4.79 Å². The predicted molar refractivity (Wildman–Crippen MR) is 74.2 cm³/mol. The number of ether oxygens (including phenoxy) is 2. The molecule has 106 valence electrons. The maximum absolute atomic E-state index is 11.5. The summed E-state index contributed by atoms with van der Waals surface area (Å²) in [7, 11) is 0. The highest BCUT2D eigenvalue weighted by atomic mass is 16.5. The molecule has 19 heavy (non-hydrogen) atoms.